The lowest BCUT2D eigenvalue weighted by Gasteiger charge is -2.18. The second kappa shape index (κ2) is 8.22. The van der Waals surface area contributed by atoms with E-state index in [2.05, 4.69) is 17.2 Å². The number of nitrogens with zero attached hydrogens (tertiary/aromatic N) is 3. The number of methoxy groups -OCH3 is 2. The monoisotopic (exact) mass is 410 g/mol. The lowest BCUT2D eigenvalue weighted by atomic mass is 10.1. The van der Waals surface area contributed by atoms with E-state index in [1.807, 2.05) is 23.1 Å². The highest BCUT2D eigenvalue weighted by Crippen LogP contribution is 2.35. The molecule has 0 spiro atoms. The third kappa shape index (κ3) is 3.53. The highest BCUT2D eigenvalue weighted by Gasteiger charge is 2.35. The van der Waals surface area contributed by atoms with Gasteiger partial charge >= 0.3 is 0 Å². The van der Waals surface area contributed by atoms with Crippen LogP contribution in [0.3, 0.4) is 0 Å². The van der Waals surface area contributed by atoms with Crippen LogP contribution in [0.4, 0.5) is 5.88 Å². The molecule has 8 nitrogen and oxygen atoms in total. The molecule has 1 N–H and O–H groups in total. The van der Waals surface area contributed by atoms with Crippen molar-refractivity contribution < 1.29 is 18.7 Å². The van der Waals surface area contributed by atoms with Crippen molar-refractivity contribution in [1.82, 2.24) is 10.2 Å². The maximum atomic E-state index is 13.0. The molecule has 30 heavy (non-hydrogen) atoms. The van der Waals surface area contributed by atoms with Gasteiger partial charge in [0.1, 0.15) is 17.9 Å². The molecule has 158 valence electrons. The van der Waals surface area contributed by atoms with Crippen LogP contribution < -0.4 is 14.8 Å². The number of furan rings is 1. The second-order valence-electron chi connectivity index (χ2n) is 7.32. The van der Waals surface area contributed by atoms with Crippen LogP contribution in [0.1, 0.15) is 40.6 Å². The van der Waals surface area contributed by atoms with Gasteiger partial charge in [-0.1, -0.05) is 13.0 Å². The number of carbonyl (C=O) groups excluding carboxylic acids is 1. The Labute approximate surface area is 175 Å². The lowest BCUT2D eigenvalue weighted by Crippen LogP contribution is -2.33. The number of amides is 1. The zero-order valence-corrected chi connectivity index (χ0v) is 17.7. The Kier molecular flexibility index (Phi) is 5.48. The summed E-state index contributed by atoms with van der Waals surface area (Å²) in [5.74, 6) is 2.93. The molecule has 1 atom stereocenters. The molecule has 1 unspecified atom stereocenters. The summed E-state index contributed by atoms with van der Waals surface area (Å²) >= 11 is 0. The van der Waals surface area contributed by atoms with Crippen molar-refractivity contribution in [1.29, 1.82) is 0 Å². The smallest absolute Gasteiger partial charge is 0.255 e. The molecule has 1 amide bonds. The Balaban J connectivity index is 1.49. The number of carbonyl (C=O) groups is 1. The quantitative estimate of drug-likeness (QED) is 0.758. The fourth-order valence-electron chi connectivity index (χ4n) is 3.80. The summed E-state index contributed by atoms with van der Waals surface area (Å²) in [6.07, 6.45) is 3.33. The van der Waals surface area contributed by atoms with E-state index in [4.69, 9.17) is 18.9 Å². The van der Waals surface area contributed by atoms with Gasteiger partial charge in [-0.2, -0.15) is 0 Å². The number of benzene rings is 1. The maximum absolute atomic E-state index is 13.0. The topological polar surface area (TPSA) is 88.7 Å². The van der Waals surface area contributed by atoms with Crippen molar-refractivity contribution >= 4 is 24.0 Å². The predicted molar refractivity (Wildman–Crippen MR) is 115 cm³/mol. The summed E-state index contributed by atoms with van der Waals surface area (Å²) in [4.78, 5) is 24.2. The van der Waals surface area contributed by atoms with Gasteiger partial charge in [-0.15, -0.1) is 0 Å². The fraction of sp³-hybridized carbons (Fsp3) is 0.409. The Morgan fingerprint density at radius 1 is 1.30 bits per heavy atom. The molecule has 0 saturated heterocycles. The number of aryl methyl sites for hydroxylation is 1. The van der Waals surface area contributed by atoms with Crippen molar-refractivity contribution in [3.63, 3.8) is 0 Å². The molecule has 2 aliphatic rings. The number of hydrogen-bond donors (Lipinski definition) is 1. The lowest BCUT2D eigenvalue weighted by molar-refractivity contribution is 0.0952. The minimum atomic E-state index is -0.183. The van der Waals surface area contributed by atoms with Crippen molar-refractivity contribution in [2.24, 2.45) is 9.98 Å². The van der Waals surface area contributed by atoms with Gasteiger partial charge in [-0.25, -0.2) is 4.99 Å². The second-order valence-corrected chi connectivity index (χ2v) is 7.32. The number of aliphatic imine (C=N–C) groups is 2. The van der Waals surface area contributed by atoms with E-state index in [0.29, 0.717) is 47.2 Å². The van der Waals surface area contributed by atoms with E-state index in [1.54, 1.807) is 27.5 Å². The van der Waals surface area contributed by atoms with Crippen LogP contribution in [0.25, 0.3) is 0 Å². The minimum Gasteiger partial charge on any atom is -0.493 e. The molecule has 8 heteroatoms. The van der Waals surface area contributed by atoms with Crippen LogP contribution in [-0.2, 0) is 6.42 Å². The van der Waals surface area contributed by atoms with Crippen molar-refractivity contribution in [3.05, 3.63) is 40.6 Å². The van der Waals surface area contributed by atoms with E-state index in [1.165, 1.54) is 0 Å². The van der Waals surface area contributed by atoms with E-state index in [0.717, 1.165) is 24.4 Å². The van der Waals surface area contributed by atoms with Crippen LogP contribution >= 0.6 is 0 Å². The average Bonchev–Trinajstić information content (AvgIpc) is 3.33. The zero-order chi connectivity index (χ0) is 21.3. The number of nitrogens with one attached hydrogen (secondary N) is 1. The Hall–Kier alpha value is -3.29. The van der Waals surface area contributed by atoms with Gasteiger partial charge in [0.2, 0.25) is 5.88 Å². The molecule has 0 aliphatic carbocycles. The van der Waals surface area contributed by atoms with E-state index in [-0.39, 0.29) is 11.9 Å². The van der Waals surface area contributed by atoms with Crippen LogP contribution in [0.5, 0.6) is 11.5 Å². The molecule has 1 aromatic heterocycles. The first-order chi connectivity index (χ1) is 14.5. The Morgan fingerprint density at radius 3 is 2.83 bits per heavy atom. The van der Waals surface area contributed by atoms with E-state index in [9.17, 15) is 4.79 Å². The zero-order valence-electron chi connectivity index (χ0n) is 17.7. The molecule has 0 fully saturated rings. The van der Waals surface area contributed by atoms with Gasteiger partial charge in [-0.05, 0) is 37.5 Å². The van der Waals surface area contributed by atoms with Gasteiger partial charge in [0.15, 0.2) is 11.5 Å². The number of amidine groups is 1. The summed E-state index contributed by atoms with van der Waals surface area (Å²) in [6, 6.07) is 5.94. The van der Waals surface area contributed by atoms with Gasteiger partial charge in [0.25, 0.3) is 5.91 Å². The van der Waals surface area contributed by atoms with Crippen LogP contribution in [-0.4, -0.2) is 56.3 Å². The molecular weight excluding hydrogens is 384 g/mol. The SMILES string of the molecule is CCC1CN2C=Nc3oc(C)c(C(=O)NCCc4ccc(OC)c(OC)c4)c3C2=N1. The first-order valence-electron chi connectivity index (χ1n) is 10.1. The van der Waals surface area contributed by atoms with Crippen molar-refractivity contribution in [3.8, 4) is 11.5 Å². The first kappa shape index (κ1) is 20.0. The van der Waals surface area contributed by atoms with Crippen LogP contribution in [0.2, 0.25) is 0 Å². The highest BCUT2D eigenvalue weighted by molar-refractivity contribution is 6.17. The van der Waals surface area contributed by atoms with Crippen LogP contribution in [0, 0.1) is 6.92 Å². The van der Waals surface area contributed by atoms with Crippen molar-refractivity contribution in [2.75, 3.05) is 27.3 Å². The molecule has 0 radical (unpaired) electrons. The largest absolute Gasteiger partial charge is 0.493 e. The fourth-order valence-corrected chi connectivity index (χ4v) is 3.80. The normalized spacial score (nSPS) is 16.7. The van der Waals surface area contributed by atoms with Gasteiger partial charge in [0.05, 0.1) is 31.4 Å². The van der Waals surface area contributed by atoms with Crippen LogP contribution in [0.15, 0.2) is 32.6 Å². The van der Waals surface area contributed by atoms with Gasteiger partial charge in [0, 0.05) is 13.1 Å². The highest BCUT2D eigenvalue weighted by atomic mass is 16.5. The molecule has 2 aliphatic heterocycles. The Morgan fingerprint density at radius 2 is 2.10 bits per heavy atom. The van der Waals surface area contributed by atoms with Crippen molar-refractivity contribution in [2.45, 2.75) is 32.7 Å². The summed E-state index contributed by atoms with van der Waals surface area (Å²) in [6.45, 7) is 5.14. The molecule has 0 bridgehead atoms. The first-order valence-corrected chi connectivity index (χ1v) is 10.1. The van der Waals surface area contributed by atoms with E-state index >= 15 is 0 Å². The summed E-state index contributed by atoms with van der Waals surface area (Å²) in [7, 11) is 3.21. The number of hydrogen-bond acceptors (Lipinski definition) is 7. The average molecular weight is 410 g/mol. The molecule has 3 heterocycles. The summed E-state index contributed by atoms with van der Waals surface area (Å²) in [5, 5.41) is 3.00. The number of ether oxygens (including phenoxy) is 2. The molecular formula is C22H26N4O4. The molecule has 2 aromatic rings. The minimum absolute atomic E-state index is 0.183. The van der Waals surface area contributed by atoms with Gasteiger partial charge < -0.3 is 24.1 Å². The van der Waals surface area contributed by atoms with Gasteiger partial charge in [-0.3, -0.25) is 9.79 Å². The third-order valence-electron chi connectivity index (χ3n) is 5.43. The Bertz CT molecular complexity index is 1020. The third-order valence-corrected chi connectivity index (χ3v) is 5.43. The number of fused-ring (bicyclic) bond motifs is 3. The molecule has 4 rings (SSSR count). The summed E-state index contributed by atoms with van der Waals surface area (Å²) < 4.78 is 16.4. The molecule has 1 aromatic carbocycles. The van der Waals surface area contributed by atoms with E-state index < -0.39 is 0 Å². The number of rotatable bonds is 7. The standard InChI is InChI=1S/C22H26N4O4/c1-5-15-11-26-12-24-22-19(20(26)25-15)18(13(2)30-22)21(27)23-9-8-14-6-7-16(28-3)17(10-14)29-4/h6-7,10,12,15H,5,8-9,11H2,1-4H3,(H,23,27). The predicted octanol–water partition coefficient (Wildman–Crippen LogP) is 3.09. The molecule has 0 saturated carbocycles. The summed E-state index contributed by atoms with van der Waals surface area (Å²) in [5.41, 5.74) is 2.24. The maximum Gasteiger partial charge on any atom is 0.255 e.